The molecule has 0 aromatic carbocycles. The Morgan fingerprint density at radius 3 is 1.01 bits per heavy atom. The molecule has 4 amide bonds. The Kier molecular flexibility index (Phi) is 56.1. The number of amides is 4. The quantitative estimate of drug-likeness (QED) is 0.0114. The molecule has 0 fully saturated rings. The van der Waals surface area contributed by atoms with Crippen LogP contribution >= 0.6 is 0 Å². The summed E-state index contributed by atoms with van der Waals surface area (Å²) in [6.45, 7) is 6.69. The zero-order valence-corrected chi connectivity index (χ0v) is 50.2. The average Bonchev–Trinajstić information content (AvgIpc) is 3.44. The maximum Gasteiger partial charge on any atom is 0.262 e. The fourth-order valence-corrected chi connectivity index (χ4v) is 8.38. The van der Waals surface area contributed by atoms with E-state index in [1.165, 1.54) is 109 Å². The van der Waals surface area contributed by atoms with E-state index in [0.717, 1.165) is 116 Å². The van der Waals surface area contributed by atoms with Crippen molar-refractivity contribution >= 4 is 48.2 Å². The fourth-order valence-electron chi connectivity index (χ4n) is 8.38. The van der Waals surface area contributed by atoms with Crippen LogP contribution in [0.1, 0.15) is 278 Å². The topological polar surface area (TPSA) is 218 Å². The fraction of sp³-hybridized carbons (Fsp3) is 0.692. The number of hydrogen-bond acceptors (Lipinski definition) is 8. The molecule has 0 rings (SSSR count). The molecule has 0 heterocycles. The van der Waals surface area contributed by atoms with E-state index in [1.807, 2.05) is 0 Å². The molecule has 0 spiro atoms. The van der Waals surface area contributed by atoms with Crippen molar-refractivity contribution < 1.29 is 19.2 Å². The molecule has 79 heavy (non-hydrogen) atoms. The number of nitrogens with two attached hydrogens (primary N) is 2. The lowest BCUT2D eigenvalue weighted by molar-refractivity contribution is -0.130. The summed E-state index contributed by atoms with van der Waals surface area (Å²) in [5.74, 6) is -2.41. The number of carbonyl (C=O) groups excluding carboxylic acids is 4. The van der Waals surface area contributed by atoms with E-state index in [1.54, 1.807) is 18.6 Å². The van der Waals surface area contributed by atoms with Crippen molar-refractivity contribution in [1.82, 2.24) is 21.6 Å². The van der Waals surface area contributed by atoms with Gasteiger partial charge in [-0.2, -0.15) is 15.3 Å². The third-order valence-corrected chi connectivity index (χ3v) is 13.2. The monoisotopic (exact) mass is 1100 g/mol. The van der Waals surface area contributed by atoms with Crippen LogP contribution in [0.3, 0.4) is 0 Å². The third-order valence-electron chi connectivity index (χ3n) is 13.2. The Labute approximate surface area is 481 Å². The summed E-state index contributed by atoms with van der Waals surface area (Å²) in [7, 11) is 0. The van der Waals surface area contributed by atoms with Crippen LogP contribution in [0.15, 0.2) is 93.2 Å². The normalized spacial score (nSPS) is 13.0. The zero-order chi connectivity index (χ0) is 57.6. The molecule has 448 valence electrons. The number of guanidine groups is 1. The number of rotatable bonds is 55. The number of nitrogens with one attached hydrogen (secondary N) is 4. The number of allylic oxidation sites excluding steroid dienone is 12. The Balaban J connectivity index is 5.01. The van der Waals surface area contributed by atoms with Crippen LogP contribution in [0.2, 0.25) is 0 Å². The van der Waals surface area contributed by atoms with Gasteiger partial charge in [0, 0.05) is 31.5 Å². The highest BCUT2D eigenvalue weighted by molar-refractivity contribution is 5.92. The van der Waals surface area contributed by atoms with Crippen molar-refractivity contribution in [3.8, 4) is 0 Å². The van der Waals surface area contributed by atoms with E-state index < -0.39 is 35.7 Å². The van der Waals surface area contributed by atoms with Gasteiger partial charge in [0.15, 0.2) is 5.96 Å². The minimum absolute atomic E-state index is 0.0389. The predicted octanol–water partition coefficient (Wildman–Crippen LogP) is 15.4. The Hall–Kier alpha value is -5.40. The van der Waals surface area contributed by atoms with Crippen LogP contribution in [0.25, 0.3) is 0 Å². The van der Waals surface area contributed by atoms with Gasteiger partial charge >= 0.3 is 0 Å². The highest BCUT2D eigenvalue weighted by atomic mass is 16.2. The van der Waals surface area contributed by atoms with Crippen molar-refractivity contribution in [3.05, 3.63) is 72.9 Å². The van der Waals surface area contributed by atoms with Gasteiger partial charge in [-0.25, -0.2) is 21.3 Å². The van der Waals surface area contributed by atoms with Gasteiger partial charge in [0.05, 0.1) is 0 Å². The van der Waals surface area contributed by atoms with Gasteiger partial charge < -0.3 is 16.8 Å². The summed E-state index contributed by atoms with van der Waals surface area (Å²) in [4.78, 5) is 56.7. The van der Waals surface area contributed by atoms with E-state index in [0.29, 0.717) is 6.42 Å². The molecule has 8 N–H and O–H groups in total. The van der Waals surface area contributed by atoms with Gasteiger partial charge in [-0.05, 0) is 148 Å². The van der Waals surface area contributed by atoms with Crippen molar-refractivity contribution in [2.24, 2.45) is 31.8 Å². The number of nitrogens with zero attached hydrogens (tertiary/aromatic N) is 4. The number of aliphatic imine (C=N–C) groups is 1. The van der Waals surface area contributed by atoms with Gasteiger partial charge in [-0.15, -0.1) is 0 Å². The maximum atomic E-state index is 13.6. The first kappa shape index (κ1) is 73.6. The lowest BCUT2D eigenvalue weighted by Gasteiger charge is -2.19. The Morgan fingerprint density at radius 1 is 0.367 bits per heavy atom. The molecule has 2 atom stereocenters. The molecule has 14 nitrogen and oxygen atoms in total. The molecule has 0 aromatic heterocycles. The first-order chi connectivity index (χ1) is 38.7. The van der Waals surface area contributed by atoms with Crippen molar-refractivity contribution in [2.75, 3.05) is 0 Å². The van der Waals surface area contributed by atoms with E-state index in [-0.39, 0.29) is 31.6 Å². The molecule has 0 bridgehead atoms. The molecule has 14 heteroatoms. The summed E-state index contributed by atoms with van der Waals surface area (Å²) in [5, 5.41) is 15.0. The molecule has 0 aliphatic heterocycles. The molecular formula is C65H114N10O4. The number of hydrazone groups is 3. The van der Waals surface area contributed by atoms with Gasteiger partial charge in [-0.1, -0.05) is 190 Å². The average molecular weight is 1100 g/mol. The van der Waals surface area contributed by atoms with Crippen LogP contribution in [-0.4, -0.2) is 60.3 Å². The molecule has 0 aliphatic rings. The minimum Gasteiger partial charge on any atom is -0.370 e. The van der Waals surface area contributed by atoms with Gasteiger partial charge in [0.1, 0.15) is 12.1 Å². The molecule has 0 saturated carbocycles. The highest BCUT2D eigenvalue weighted by Crippen LogP contribution is 2.12. The number of unbranched alkanes of at least 4 members (excludes halogenated alkanes) is 27. The predicted molar refractivity (Wildman–Crippen MR) is 338 cm³/mol. The first-order valence-corrected chi connectivity index (χ1v) is 31.5. The smallest absolute Gasteiger partial charge is 0.262 e. The standard InChI is InChI=1S/C65H114N10O4/c1-4-7-10-13-16-19-22-25-28-31-34-37-40-43-46-49-56-68-73-61(76)54-52-59(72-65(66)67)63(78)71-60(64(79)75-70-58-51-48-45-42-39-36-33-30-27-24-21-18-15-12-9-6-3)53-55-62(77)74-69-57-50-47-44-41-38-35-32-29-26-23-20-17-14-11-8-5-2/h16-21,25-30,56-60H,4-15,22-24,31-55H2,1-3H3,(H,71,78)(H,73,76)(H,74,77)(H,75,79)(H4,66,67,72)/b19-16-,20-17-,21-18-,28-25-,29-26-,30-27-,68-56+,69-57+,70-58+/t59-,60-/m0/s1. The summed E-state index contributed by atoms with van der Waals surface area (Å²) < 4.78 is 0. The second kappa shape index (κ2) is 60.2. The van der Waals surface area contributed by atoms with Crippen LogP contribution in [0.5, 0.6) is 0 Å². The molecule has 0 aromatic rings. The maximum absolute atomic E-state index is 13.6. The van der Waals surface area contributed by atoms with Crippen LogP contribution in [-0.2, 0) is 19.2 Å². The minimum atomic E-state index is -1.17. The lowest BCUT2D eigenvalue weighted by atomic mass is 10.1. The second-order valence-corrected chi connectivity index (χ2v) is 20.7. The van der Waals surface area contributed by atoms with Crippen LogP contribution in [0, 0.1) is 0 Å². The van der Waals surface area contributed by atoms with Crippen molar-refractivity contribution in [3.63, 3.8) is 0 Å². The number of hydrogen-bond donors (Lipinski definition) is 6. The first-order valence-electron chi connectivity index (χ1n) is 31.5. The Bertz CT molecular complexity index is 1780. The van der Waals surface area contributed by atoms with Gasteiger partial charge in [0.25, 0.3) is 5.91 Å². The molecule has 0 radical (unpaired) electrons. The SMILES string of the molecule is CCCCC/C=C\C/C=C\CCCCCCC/C=N/NC(=O)CC[C@H](N=C(N)N)C(=O)N[C@@H](CCC(=O)N/N=C/CCCCCCC/C=C\C/C=C\CCCCC)C(=O)N/N=C/CCCCCCC/C=C\C/C=C\CCCCC. The largest absolute Gasteiger partial charge is 0.370 e. The lowest BCUT2D eigenvalue weighted by Crippen LogP contribution is -2.49. The summed E-state index contributed by atoms with van der Waals surface area (Å²) in [6.07, 6.45) is 72.3. The third kappa shape index (κ3) is 55.7. The van der Waals surface area contributed by atoms with E-state index in [2.05, 4.69) is 136 Å². The van der Waals surface area contributed by atoms with E-state index in [9.17, 15) is 19.2 Å². The molecular weight excluding hydrogens is 985 g/mol. The van der Waals surface area contributed by atoms with E-state index >= 15 is 0 Å². The van der Waals surface area contributed by atoms with Gasteiger partial charge in [0.2, 0.25) is 17.7 Å². The van der Waals surface area contributed by atoms with Crippen molar-refractivity contribution in [2.45, 2.75) is 290 Å². The zero-order valence-electron chi connectivity index (χ0n) is 50.2. The highest BCUT2D eigenvalue weighted by Gasteiger charge is 2.27. The van der Waals surface area contributed by atoms with Crippen molar-refractivity contribution in [1.29, 1.82) is 0 Å². The van der Waals surface area contributed by atoms with Crippen LogP contribution in [0.4, 0.5) is 0 Å². The van der Waals surface area contributed by atoms with Gasteiger partial charge in [-0.3, -0.25) is 19.2 Å². The number of carbonyl (C=O) groups is 4. The molecule has 0 unspecified atom stereocenters. The second-order valence-electron chi connectivity index (χ2n) is 20.7. The van der Waals surface area contributed by atoms with Crippen LogP contribution < -0.4 is 33.1 Å². The summed E-state index contributed by atoms with van der Waals surface area (Å²) in [6, 6.07) is -2.32. The Morgan fingerprint density at radius 2 is 0.671 bits per heavy atom. The molecule has 0 saturated heterocycles. The summed E-state index contributed by atoms with van der Waals surface area (Å²) in [5.41, 5.74) is 19.0. The molecule has 0 aliphatic carbocycles. The summed E-state index contributed by atoms with van der Waals surface area (Å²) >= 11 is 0. The van der Waals surface area contributed by atoms with E-state index in [4.69, 9.17) is 11.5 Å².